The molecular formula is C14H20N2. The van der Waals surface area contributed by atoms with Crippen molar-refractivity contribution in [1.82, 2.24) is 10.3 Å². The Morgan fingerprint density at radius 3 is 2.75 bits per heavy atom. The van der Waals surface area contributed by atoms with E-state index in [1.165, 1.54) is 50.6 Å². The molecule has 1 atom stereocenters. The van der Waals surface area contributed by atoms with E-state index < -0.39 is 0 Å². The second kappa shape index (κ2) is 4.17. The fourth-order valence-corrected chi connectivity index (χ4v) is 3.66. The lowest BCUT2D eigenvalue weighted by Crippen LogP contribution is -2.43. The second-order valence-corrected chi connectivity index (χ2v) is 5.25. The van der Waals surface area contributed by atoms with Crippen molar-refractivity contribution in [2.24, 2.45) is 0 Å². The van der Waals surface area contributed by atoms with Gasteiger partial charge in [0.2, 0.25) is 0 Å². The molecule has 1 saturated heterocycles. The number of nitrogens with one attached hydrogen (secondary N) is 1. The molecule has 3 rings (SSSR count). The molecular weight excluding hydrogens is 196 g/mol. The van der Waals surface area contributed by atoms with Crippen LogP contribution in [-0.4, -0.2) is 17.6 Å². The monoisotopic (exact) mass is 216 g/mol. The quantitative estimate of drug-likeness (QED) is 0.822. The molecule has 2 aliphatic rings. The number of aromatic nitrogens is 1. The van der Waals surface area contributed by atoms with Crippen LogP contribution in [0, 0.1) is 0 Å². The second-order valence-electron chi connectivity index (χ2n) is 5.25. The first-order valence-electron chi connectivity index (χ1n) is 6.56. The summed E-state index contributed by atoms with van der Waals surface area (Å²) in [5.41, 5.74) is 1.86. The van der Waals surface area contributed by atoms with E-state index in [0.717, 1.165) is 0 Å². The van der Waals surface area contributed by atoms with Gasteiger partial charge >= 0.3 is 0 Å². The van der Waals surface area contributed by atoms with Crippen LogP contribution in [0.2, 0.25) is 0 Å². The molecule has 0 spiro atoms. The van der Waals surface area contributed by atoms with Gasteiger partial charge in [-0.2, -0.15) is 0 Å². The third-order valence-corrected chi connectivity index (χ3v) is 4.46. The molecule has 16 heavy (non-hydrogen) atoms. The van der Waals surface area contributed by atoms with E-state index in [1.54, 1.807) is 0 Å². The van der Waals surface area contributed by atoms with Gasteiger partial charge in [-0.1, -0.05) is 18.9 Å². The van der Waals surface area contributed by atoms with Crippen LogP contribution in [0.25, 0.3) is 0 Å². The summed E-state index contributed by atoms with van der Waals surface area (Å²) in [5.74, 6) is 0. The van der Waals surface area contributed by atoms with Gasteiger partial charge < -0.3 is 5.32 Å². The van der Waals surface area contributed by atoms with E-state index in [0.29, 0.717) is 11.5 Å². The summed E-state index contributed by atoms with van der Waals surface area (Å²) >= 11 is 0. The van der Waals surface area contributed by atoms with Crippen LogP contribution in [0.5, 0.6) is 0 Å². The van der Waals surface area contributed by atoms with Crippen molar-refractivity contribution < 1.29 is 0 Å². The lowest BCUT2D eigenvalue weighted by Gasteiger charge is -2.36. The highest BCUT2D eigenvalue weighted by Gasteiger charge is 2.43. The summed E-state index contributed by atoms with van der Waals surface area (Å²) in [7, 11) is 0. The topological polar surface area (TPSA) is 24.9 Å². The van der Waals surface area contributed by atoms with Crippen molar-refractivity contribution in [3.63, 3.8) is 0 Å². The smallest absolute Gasteiger partial charge is 0.0306 e. The van der Waals surface area contributed by atoms with E-state index in [4.69, 9.17) is 0 Å². The number of hydrogen-bond acceptors (Lipinski definition) is 2. The Morgan fingerprint density at radius 1 is 1.25 bits per heavy atom. The van der Waals surface area contributed by atoms with E-state index >= 15 is 0 Å². The van der Waals surface area contributed by atoms with Gasteiger partial charge in [-0.15, -0.1) is 0 Å². The molecule has 2 heterocycles. The van der Waals surface area contributed by atoms with Crippen molar-refractivity contribution >= 4 is 0 Å². The maximum atomic E-state index is 4.32. The van der Waals surface area contributed by atoms with Crippen LogP contribution in [0.1, 0.15) is 44.1 Å². The van der Waals surface area contributed by atoms with Gasteiger partial charge in [0.15, 0.2) is 0 Å². The SMILES string of the molecule is c1cncc(C2(C3CCCN3)CCCC2)c1. The van der Waals surface area contributed by atoms with Crippen LogP contribution >= 0.6 is 0 Å². The molecule has 2 nitrogen and oxygen atoms in total. The fraction of sp³-hybridized carbons (Fsp3) is 0.643. The van der Waals surface area contributed by atoms with Crippen molar-refractivity contribution in [1.29, 1.82) is 0 Å². The standard InChI is InChI=1S/C14H20N2/c1-2-8-14(7-1,13-6-4-10-16-13)12-5-3-9-15-11-12/h3,5,9,11,13,16H,1-2,4,6-8,10H2. The van der Waals surface area contributed by atoms with Gasteiger partial charge in [0.1, 0.15) is 0 Å². The minimum absolute atomic E-state index is 0.394. The van der Waals surface area contributed by atoms with Crippen LogP contribution in [0.15, 0.2) is 24.5 Å². The highest BCUT2D eigenvalue weighted by Crippen LogP contribution is 2.45. The average molecular weight is 216 g/mol. The Balaban J connectivity index is 1.96. The molecule has 0 amide bonds. The predicted octanol–water partition coefficient (Wildman–Crippen LogP) is 2.65. The van der Waals surface area contributed by atoms with E-state index in [2.05, 4.69) is 28.6 Å². The summed E-state index contributed by atoms with van der Waals surface area (Å²) in [6.07, 6.45) is 12.1. The zero-order valence-electron chi connectivity index (χ0n) is 9.78. The number of hydrogen-bond donors (Lipinski definition) is 1. The molecule has 1 saturated carbocycles. The first kappa shape index (κ1) is 10.3. The lowest BCUT2D eigenvalue weighted by atomic mass is 9.73. The number of rotatable bonds is 2. The Morgan fingerprint density at radius 2 is 2.12 bits per heavy atom. The molecule has 0 radical (unpaired) electrons. The van der Waals surface area contributed by atoms with Crippen LogP contribution in [-0.2, 0) is 5.41 Å². The Hall–Kier alpha value is -0.890. The molecule has 0 bridgehead atoms. The maximum absolute atomic E-state index is 4.32. The molecule has 1 N–H and O–H groups in total. The average Bonchev–Trinajstić information content (AvgIpc) is 3.02. The van der Waals surface area contributed by atoms with Crippen molar-refractivity contribution in [3.8, 4) is 0 Å². The Labute approximate surface area is 97.5 Å². The molecule has 86 valence electrons. The van der Waals surface area contributed by atoms with E-state index in [9.17, 15) is 0 Å². The summed E-state index contributed by atoms with van der Waals surface area (Å²) in [4.78, 5) is 4.32. The highest BCUT2D eigenvalue weighted by molar-refractivity contribution is 5.27. The van der Waals surface area contributed by atoms with Crippen molar-refractivity contribution in [2.75, 3.05) is 6.54 Å². The molecule has 1 unspecified atom stereocenters. The molecule has 1 aromatic rings. The third-order valence-electron chi connectivity index (χ3n) is 4.46. The largest absolute Gasteiger partial charge is 0.313 e. The molecule has 1 aliphatic heterocycles. The summed E-state index contributed by atoms with van der Waals surface area (Å²) in [5, 5.41) is 3.71. The number of nitrogens with zero attached hydrogens (tertiary/aromatic N) is 1. The highest BCUT2D eigenvalue weighted by atomic mass is 15.0. The van der Waals surface area contributed by atoms with Gasteiger partial charge in [-0.05, 0) is 43.9 Å². The minimum Gasteiger partial charge on any atom is -0.313 e. The van der Waals surface area contributed by atoms with Gasteiger partial charge in [0.05, 0.1) is 0 Å². The molecule has 2 heteroatoms. The summed E-state index contributed by atoms with van der Waals surface area (Å²) in [6, 6.07) is 5.06. The molecule has 1 aromatic heterocycles. The zero-order chi connectivity index (χ0) is 10.8. The summed E-state index contributed by atoms with van der Waals surface area (Å²) < 4.78 is 0. The lowest BCUT2D eigenvalue weighted by molar-refractivity contribution is 0.323. The van der Waals surface area contributed by atoms with E-state index in [1.807, 2.05) is 6.20 Å². The first-order chi connectivity index (χ1) is 7.92. The van der Waals surface area contributed by atoms with Crippen molar-refractivity contribution in [2.45, 2.75) is 50.0 Å². The molecule has 0 aromatic carbocycles. The van der Waals surface area contributed by atoms with Crippen LogP contribution in [0.4, 0.5) is 0 Å². The fourth-order valence-electron chi connectivity index (χ4n) is 3.66. The van der Waals surface area contributed by atoms with Gasteiger partial charge in [-0.25, -0.2) is 0 Å². The van der Waals surface area contributed by atoms with Gasteiger partial charge in [0.25, 0.3) is 0 Å². The zero-order valence-corrected chi connectivity index (χ0v) is 9.78. The molecule has 1 aliphatic carbocycles. The third kappa shape index (κ3) is 1.56. The summed E-state index contributed by atoms with van der Waals surface area (Å²) in [6.45, 7) is 1.20. The Kier molecular flexibility index (Phi) is 2.68. The van der Waals surface area contributed by atoms with E-state index in [-0.39, 0.29) is 0 Å². The number of pyridine rings is 1. The van der Waals surface area contributed by atoms with Gasteiger partial charge in [0, 0.05) is 23.9 Å². The molecule has 2 fully saturated rings. The van der Waals surface area contributed by atoms with Crippen molar-refractivity contribution in [3.05, 3.63) is 30.1 Å². The Bertz CT molecular complexity index is 335. The van der Waals surface area contributed by atoms with Gasteiger partial charge in [-0.3, -0.25) is 4.98 Å². The van der Waals surface area contributed by atoms with Crippen LogP contribution in [0.3, 0.4) is 0 Å². The predicted molar refractivity (Wildman–Crippen MR) is 65.4 cm³/mol. The first-order valence-corrected chi connectivity index (χ1v) is 6.56. The van der Waals surface area contributed by atoms with Crippen LogP contribution < -0.4 is 5.32 Å². The maximum Gasteiger partial charge on any atom is 0.0306 e. The normalized spacial score (nSPS) is 28.4. The minimum atomic E-state index is 0.394.